The van der Waals surface area contributed by atoms with Gasteiger partial charge in [-0.2, -0.15) is 0 Å². The van der Waals surface area contributed by atoms with Crippen molar-refractivity contribution < 1.29 is 14.3 Å². The van der Waals surface area contributed by atoms with E-state index in [1.165, 1.54) is 31.0 Å². The van der Waals surface area contributed by atoms with Crippen LogP contribution in [0.15, 0.2) is 42.1 Å². The van der Waals surface area contributed by atoms with Crippen molar-refractivity contribution in [2.45, 2.75) is 56.5 Å². The van der Waals surface area contributed by atoms with Crippen LogP contribution < -0.4 is 14.8 Å². The van der Waals surface area contributed by atoms with Crippen molar-refractivity contribution in [3.05, 3.63) is 42.7 Å². The van der Waals surface area contributed by atoms with Crippen LogP contribution in [0.1, 0.15) is 37.9 Å². The quantitative estimate of drug-likeness (QED) is 0.471. The van der Waals surface area contributed by atoms with Crippen molar-refractivity contribution in [2.24, 2.45) is 0 Å². The molecule has 1 aliphatic rings. The minimum absolute atomic E-state index is 0.0434. The monoisotopic (exact) mass is 416 g/mol. The van der Waals surface area contributed by atoms with E-state index < -0.39 is 0 Å². The minimum atomic E-state index is 0.0434. The lowest BCUT2D eigenvalue weighted by Gasteiger charge is -2.22. The van der Waals surface area contributed by atoms with Crippen LogP contribution in [0.25, 0.3) is 0 Å². The number of ether oxygens (including phenoxy) is 2. The van der Waals surface area contributed by atoms with Gasteiger partial charge in [0.15, 0.2) is 22.5 Å². The molecule has 2 aromatic rings. The first-order valence-corrected chi connectivity index (χ1v) is 10.9. The van der Waals surface area contributed by atoms with Crippen LogP contribution in [0.5, 0.6) is 11.5 Å². The number of hydrogen-bond donors (Lipinski definition) is 1. The summed E-state index contributed by atoms with van der Waals surface area (Å²) in [6.07, 6.45) is 7.59. The Hall–Kier alpha value is -2.48. The van der Waals surface area contributed by atoms with Crippen LogP contribution in [0.4, 0.5) is 0 Å². The molecule has 1 aromatic carbocycles. The second kappa shape index (κ2) is 10.9. The maximum Gasteiger partial charge on any atom is 0.230 e. The SMILES string of the molecule is C=CCn1c(COc2ccccc2OC)nnc1SCC(=O)NC1CCCCC1. The van der Waals surface area contributed by atoms with Crippen molar-refractivity contribution >= 4 is 17.7 Å². The van der Waals surface area contributed by atoms with Gasteiger partial charge in [-0.1, -0.05) is 49.2 Å². The van der Waals surface area contributed by atoms with E-state index in [0.717, 1.165) is 12.8 Å². The fourth-order valence-corrected chi connectivity index (χ4v) is 4.15. The summed E-state index contributed by atoms with van der Waals surface area (Å²) in [7, 11) is 1.61. The molecule has 1 fully saturated rings. The third kappa shape index (κ3) is 6.00. The van der Waals surface area contributed by atoms with E-state index in [1.807, 2.05) is 28.8 Å². The Bertz CT molecular complexity index is 818. The molecule has 0 radical (unpaired) electrons. The molecule has 1 aliphatic carbocycles. The molecule has 1 N–H and O–H groups in total. The van der Waals surface area contributed by atoms with Crippen LogP contribution in [-0.4, -0.2) is 39.6 Å². The second-order valence-corrected chi connectivity index (χ2v) is 7.87. The number of carbonyl (C=O) groups excluding carboxylic acids is 1. The van der Waals surface area contributed by atoms with E-state index in [4.69, 9.17) is 9.47 Å². The predicted octanol–water partition coefficient (Wildman–Crippen LogP) is 3.59. The number of aromatic nitrogens is 3. The van der Waals surface area contributed by atoms with Crippen LogP contribution in [0.2, 0.25) is 0 Å². The molecule has 0 unspecified atom stereocenters. The minimum Gasteiger partial charge on any atom is -0.493 e. The molecular weight excluding hydrogens is 388 g/mol. The highest BCUT2D eigenvalue weighted by Crippen LogP contribution is 2.27. The first-order chi connectivity index (χ1) is 14.2. The molecular formula is C21H28N4O3S. The standard InChI is InChI=1S/C21H28N4O3S/c1-3-13-25-19(14-28-18-12-8-7-11-17(18)27-2)23-24-21(25)29-15-20(26)22-16-9-5-4-6-10-16/h3,7-8,11-12,16H,1,4-6,9-10,13-15H2,2H3,(H,22,26). The molecule has 7 nitrogen and oxygen atoms in total. The number of allylic oxidation sites excluding steroid dienone is 1. The number of amides is 1. The molecule has 0 aliphatic heterocycles. The second-order valence-electron chi connectivity index (χ2n) is 6.93. The first kappa shape index (κ1) is 21.2. The number of thioether (sulfide) groups is 1. The van der Waals surface area contributed by atoms with Crippen LogP contribution >= 0.6 is 11.8 Å². The number of para-hydroxylation sites is 2. The Morgan fingerprint density at radius 3 is 2.76 bits per heavy atom. The fourth-order valence-electron chi connectivity index (χ4n) is 3.37. The zero-order valence-corrected chi connectivity index (χ0v) is 17.6. The lowest BCUT2D eigenvalue weighted by atomic mass is 9.95. The van der Waals surface area contributed by atoms with E-state index in [2.05, 4.69) is 22.1 Å². The zero-order chi connectivity index (χ0) is 20.5. The largest absolute Gasteiger partial charge is 0.493 e. The van der Waals surface area contributed by atoms with Crippen molar-refractivity contribution in [2.75, 3.05) is 12.9 Å². The molecule has 0 atom stereocenters. The number of carbonyl (C=O) groups is 1. The lowest BCUT2D eigenvalue weighted by Crippen LogP contribution is -2.37. The smallest absolute Gasteiger partial charge is 0.230 e. The number of nitrogens with one attached hydrogen (secondary N) is 1. The average molecular weight is 417 g/mol. The predicted molar refractivity (Wildman–Crippen MR) is 113 cm³/mol. The van der Waals surface area contributed by atoms with E-state index in [9.17, 15) is 4.79 Å². The molecule has 1 amide bonds. The van der Waals surface area contributed by atoms with Crippen LogP contribution in [-0.2, 0) is 17.9 Å². The van der Waals surface area contributed by atoms with E-state index in [0.29, 0.717) is 40.8 Å². The van der Waals surface area contributed by atoms with Crippen molar-refractivity contribution in [3.8, 4) is 11.5 Å². The van der Waals surface area contributed by atoms with Crippen LogP contribution in [0.3, 0.4) is 0 Å². The molecule has 8 heteroatoms. The number of nitrogens with zero attached hydrogens (tertiary/aromatic N) is 3. The van der Waals surface area contributed by atoms with Gasteiger partial charge in [-0.25, -0.2) is 0 Å². The van der Waals surface area contributed by atoms with Gasteiger partial charge in [0, 0.05) is 12.6 Å². The highest BCUT2D eigenvalue weighted by atomic mass is 32.2. The summed E-state index contributed by atoms with van der Waals surface area (Å²) in [6, 6.07) is 7.78. The summed E-state index contributed by atoms with van der Waals surface area (Å²) in [5.41, 5.74) is 0. The Labute approximate surface area is 175 Å². The van der Waals surface area contributed by atoms with Gasteiger partial charge in [-0.15, -0.1) is 16.8 Å². The Kier molecular flexibility index (Phi) is 7.98. The maximum atomic E-state index is 12.3. The Morgan fingerprint density at radius 1 is 1.28 bits per heavy atom. The summed E-state index contributed by atoms with van der Waals surface area (Å²) >= 11 is 1.38. The van der Waals surface area contributed by atoms with Gasteiger partial charge in [-0.05, 0) is 25.0 Å². The third-order valence-electron chi connectivity index (χ3n) is 4.83. The van der Waals surface area contributed by atoms with Gasteiger partial charge in [0.1, 0.15) is 6.61 Å². The number of rotatable bonds is 10. The van der Waals surface area contributed by atoms with Crippen molar-refractivity contribution in [1.82, 2.24) is 20.1 Å². The number of benzene rings is 1. The van der Waals surface area contributed by atoms with Gasteiger partial charge in [0.05, 0.1) is 12.9 Å². The molecule has 29 heavy (non-hydrogen) atoms. The van der Waals surface area contributed by atoms with E-state index in [-0.39, 0.29) is 12.5 Å². The summed E-state index contributed by atoms with van der Waals surface area (Å²) < 4.78 is 13.1. The van der Waals surface area contributed by atoms with Gasteiger partial charge < -0.3 is 14.8 Å². The number of hydrogen-bond acceptors (Lipinski definition) is 6. The van der Waals surface area contributed by atoms with Gasteiger partial charge in [0.2, 0.25) is 5.91 Å². The molecule has 0 bridgehead atoms. The molecule has 1 saturated carbocycles. The normalized spacial score (nSPS) is 14.4. The molecule has 3 rings (SSSR count). The Balaban J connectivity index is 1.58. The zero-order valence-electron chi connectivity index (χ0n) is 16.8. The fraction of sp³-hybridized carbons (Fsp3) is 0.476. The highest BCUT2D eigenvalue weighted by Gasteiger charge is 2.18. The molecule has 0 saturated heterocycles. The average Bonchev–Trinajstić information content (AvgIpc) is 3.13. The van der Waals surface area contributed by atoms with E-state index >= 15 is 0 Å². The first-order valence-electron chi connectivity index (χ1n) is 9.92. The lowest BCUT2D eigenvalue weighted by molar-refractivity contribution is -0.119. The van der Waals surface area contributed by atoms with E-state index in [1.54, 1.807) is 13.2 Å². The summed E-state index contributed by atoms with van der Waals surface area (Å²) in [6.45, 7) is 4.60. The van der Waals surface area contributed by atoms with Gasteiger partial charge in [-0.3, -0.25) is 9.36 Å². The van der Waals surface area contributed by atoms with Crippen molar-refractivity contribution in [3.63, 3.8) is 0 Å². The molecule has 1 heterocycles. The van der Waals surface area contributed by atoms with Gasteiger partial charge in [0.25, 0.3) is 0 Å². The third-order valence-corrected chi connectivity index (χ3v) is 5.80. The summed E-state index contributed by atoms with van der Waals surface area (Å²) in [5.74, 6) is 2.34. The molecule has 1 aromatic heterocycles. The van der Waals surface area contributed by atoms with Crippen LogP contribution in [0, 0.1) is 0 Å². The highest BCUT2D eigenvalue weighted by molar-refractivity contribution is 7.99. The summed E-state index contributed by atoms with van der Waals surface area (Å²) in [5, 5.41) is 12.3. The Morgan fingerprint density at radius 2 is 2.03 bits per heavy atom. The van der Waals surface area contributed by atoms with Gasteiger partial charge >= 0.3 is 0 Å². The van der Waals surface area contributed by atoms with Crippen molar-refractivity contribution in [1.29, 1.82) is 0 Å². The molecule has 156 valence electrons. The topological polar surface area (TPSA) is 78.3 Å². The summed E-state index contributed by atoms with van der Waals surface area (Å²) in [4.78, 5) is 12.3. The molecule has 0 spiro atoms. The number of methoxy groups -OCH3 is 1. The maximum absolute atomic E-state index is 12.3.